The average molecular weight is 273 g/mol. The van der Waals surface area contributed by atoms with E-state index in [2.05, 4.69) is 4.98 Å². The van der Waals surface area contributed by atoms with Crippen molar-refractivity contribution in [3.63, 3.8) is 0 Å². The van der Waals surface area contributed by atoms with Gasteiger partial charge in [0.1, 0.15) is 16.9 Å². The molecule has 0 radical (unpaired) electrons. The van der Waals surface area contributed by atoms with Crippen LogP contribution >= 0.6 is 23.2 Å². The van der Waals surface area contributed by atoms with E-state index in [0.29, 0.717) is 0 Å². The van der Waals surface area contributed by atoms with Crippen LogP contribution in [0.25, 0.3) is 0 Å². The summed E-state index contributed by atoms with van der Waals surface area (Å²) in [6.45, 7) is -1.41. The van der Waals surface area contributed by atoms with Gasteiger partial charge in [-0.1, -0.05) is 23.2 Å². The van der Waals surface area contributed by atoms with Gasteiger partial charge in [-0.3, -0.25) is 4.79 Å². The second kappa shape index (κ2) is 4.88. The van der Waals surface area contributed by atoms with Crippen molar-refractivity contribution < 1.29 is 18.0 Å². The van der Waals surface area contributed by atoms with E-state index in [0.717, 1.165) is 12.1 Å². The smallest absolute Gasteiger partial charge is 0.343 e. The minimum atomic E-state index is -4.46. The quantitative estimate of drug-likeness (QED) is 0.842. The summed E-state index contributed by atoms with van der Waals surface area (Å²) in [5.74, 6) is -0.913. The number of halogens is 5. The van der Waals surface area contributed by atoms with Gasteiger partial charge in [0.05, 0.1) is 0 Å². The molecule has 1 amide bonds. The molecule has 1 rings (SSSR count). The highest BCUT2D eigenvalue weighted by atomic mass is 35.5. The van der Waals surface area contributed by atoms with E-state index in [1.54, 1.807) is 5.32 Å². The van der Waals surface area contributed by atoms with E-state index in [9.17, 15) is 18.0 Å². The molecule has 8 heteroatoms. The molecule has 0 saturated carbocycles. The number of hydrogen-bond donors (Lipinski definition) is 1. The number of aromatic nitrogens is 1. The molecule has 0 spiro atoms. The number of pyridine rings is 1. The van der Waals surface area contributed by atoms with Crippen LogP contribution in [-0.2, 0) is 0 Å². The second-order valence-corrected chi connectivity index (χ2v) is 3.57. The first-order chi connectivity index (χ1) is 7.28. The van der Waals surface area contributed by atoms with Crippen LogP contribution in [0.3, 0.4) is 0 Å². The molecule has 0 atom stereocenters. The number of alkyl halides is 3. The predicted octanol–water partition coefficient (Wildman–Crippen LogP) is 2.68. The van der Waals surface area contributed by atoms with Gasteiger partial charge in [-0.05, 0) is 12.1 Å². The molecule has 0 saturated heterocycles. The summed E-state index contributed by atoms with van der Waals surface area (Å²) < 4.78 is 35.4. The van der Waals surface area contributed by atoms with Crippen LogP contribution in [0.4, 0.5) is 13.2 Å². The molecule has 0 aromatic carbocycles. The Morgan fingerprint density at radius 1 is 1.31 bits per heavy atom. The maximum Gasteiger partial charge on any atom is 0.405 e. The minimum absolute atomic E-state index is 0.0651. The lowest BCUT2D eigenvalue weighted by Gasteiger charge is -2.08. The number of carbonyl (C=O) groups is 1. The van der Waals surface area contributed by atoms with Gasteiger partial charge in [0.15, 0.2) is 0 Å². The molecule has 88 valence electrons. The van der Waals surface area contributed by atoms with Crippen LogP contribution in [-0.4, -0.2) is 23.6 Å². The Balaban J connectivity index is 2.73. The Morgan fingerprint density at radius 3 is 2.25 bits per heavy atom. The first-order valence-corrected chi connectivity index (χ1v) is 4.71. The van der Waals surface area contributed by atoms with Crippen molar-refractivity contribution in [3.05, 3.63) is 28.0 Å². The molecule has 0 aliphatic carbocycles. The van der Waals surface area contributed by atoms with E-state index in [4.69, 9.17) is 23.2 Å². The van der Waals surface area contributed by atoms with Gasteiger partial charge in [0, 0.05) is 5.56 Å². The Bertz CT molecular complexity index is 389. The van der Waals surface area contributed by atoms with Gasteiger partial charge in [0.2, 0.25) is 0 Å². The van der Waals surface area contributed by atoms with E-state index >= 15 is 0 Å². The maximum atomic E-state index is 11.8. The predicted molar refractivity (Wildman–Crippen MR) is 52.6 cm³/mol. The van der Waals surface area contributed by atoms with Gasteiger partial charge in [-0.25, -0.2) is 4.98 Å². The lowest BCUT2D eigenvalue weighted by molar-refractivity contribution is -0.123. The average Bonchev–Trinajstić information content (AvgIpc) is 2.11. The Labute approximate surface area is 98.6 Å². The van der Waals surface area contributed by atoms with Crippen molar-refractivity contribution in [3.8, 4) is 0 Å². The van der Waals surface area contributed by atoms with Crippen LogP contribution in [0, 0.1) is 0 Å². The minimum Gasteiger partial charge on any atom is -0.343 e. The molecule has 0 bridgehead atoms. The van der Waals surface area contributed by atoms with Crippen LogP contribution in [0.15, 0.2) is 12.1 Å². The highest BCUT2D eigenvalue weighted by Gasteiger charge is 2.28. The SMILES string of the molecule is O=C(NCC(F)(F)F)c1cc(Cl)nc(Cl)c1. The molecule has 16 heavy (non-hydrogen) atoms. The fraction of sp³-hybridized carbons (Fsp3) is 0.250. The van der Waals surface area contributed by atoms with Crippen molar-refractivity contribution in [1.82, 2.24) is 10.3 Å². The molecule has 0 unspecified atom stereocenters. The molecule has 1 heterocycles. The van der Waals surface area contributed by atoms with Gasteiger partial charge in [-0.2, -0.15) is 13.2 Å². The summed E-state index contributed by atoms with van der Waals surface area (Å²) >= 11 is 11.0. The Morgan fingerprint density at radius 2 is 1.81 bits per heavy atom. The molecular weight excluding hydrogens is 268 g/mol. The Kier molecular flexibility index (Phi) is 3.98. The highest BCUT2D eigenvalue weighted by Crippen LogP contribution is 2.16. The molecule has 3 nitrogen and oxygen atoms in total. The fourth-order valence-electron chi connectivity index (χ4n) is 0.879. The van der Waals surface area contributed by atoms with E-state index in [-0.39, 0.29) is 15.9 Å². The first-order valence-electron chi connectivity index (χ1n) is 3.96. The summed E-state index contributed by atoms with van der Waals surface area (Å²) in [4.78, 5) is 14.8. The van der Waals surface area contributed by atoms with Crippen molar-refractivity contribution in [2.45, 2.75) is 6.18 Å². The van der Waals surface area contributed by atoms with E-state index in [1.807, 2.05) is 0 Å². The molecule has 0 fully saturated rings. The summed E-state index contributed by atoms with van der Waals surface area (Å²) in [6.07, 6.45) is -4.46. The van der Waals surface area contributed by atoms with Crippen molar-refractivity contribution >= 4 is 29.1 Å². The summed E-state index contributed by atoms with van der Waals surface area (Å²) in [6, 6.07) is 2.25. The molecule has 1 aromatic heterocycles. The van der Waals surface area contributed by atoms with Gasteiger partial charge >= 0.3 is 6.18 Å². The zero-order valence-corrected chi connectivity index (χ0v) is 9.12. The van der Waals surface area contributed by atoms with Gasteiger partial charge in [-0.15, -0.1) is 0 Å². The van der Waals surface area contributed by atoms with Gasteiger partial charge < -0.3 is 5.32 Å². The number of nitrogens with one attached hydrogen (secondary N) is 1. The fourth-order valence-corrected chi connectivity index (χ4v) is 1.34. The van der Waals surface area contributed by atoms with Crippen molar-refractivity contribution in [1.29, 1.82) is 0 Å². The summed E-state index contributed by atoms with van der Waals surface area (Å²) in [7, 11) is 0. The number of nitrogens with zero attached hydrogens (tertiary/aromatic N) is 1. The molecule has 1 aromatic rings. The molecule has 0 aliphatic heterocycles. The van der Waals surface area contributed by atoms with Gasteiger partial charge in [0.25, 0.3) is 5.91 Å². The number of amides is 1. The van der Waals surface area contributed by atoms with Crippen LogP contribution in [0.5, 0.6) is 0 Å². The largest absolute Gasteiger partial charge is 0.405 e. The normalized spacial score (nSPS) is 11.3. The van der Waals surface area contributed by atoms with Crippen molar-refractivity contribution in [2.75, 3.05) is 6.54 Å². The monoisotopic (exact) mass is 272 g/mol. The number of carbonyl (C=O) groups excluding carboxylic acids is 1. The van der Waals surface area contributed by atoms with Crippen LogP contribution < -0.4 is 5.32 Å². The van der Waals surface area contributed by atoms with Crippen molar-refractivity contribution in [2.24, 2.45) is 0 Å². The lowest BCUT2D eigenvalue weighted by atomic mass is 10.2. The third-order valence-electron chi connectivity index (χ3n) is 1.47. The maximum absolute atomic E-state index is 11.8. The topological polar surface area (TPSA) is 42.0 Å². The van der Waals surface area contributed by atoms with Crippen LogP contribution in [0.2, 0.25) is 10.3 Å². The summed E-state index contributed by atoms with van der Waals surface area (Å²) in [5, 5.41) is 1.55. The summed E-state index contributed by atoms with van der Waals surface area (Å²) in [5.41, 5.74) is -0.0748. The third kappa shape index (κ3) is 4.24. The number of hydrogen-bond acceptors (Lipinski definition) is 2. The Hall–Kier alpha value is -1.01. The van der Waals surface area contributed by atoms with Crippen LogP contribution in [0.1, 0.15) is 10.4 Å². The molecule has 1 N–H and O–H groups in total. The zero-order chi connectivity index (χ0) is 12.3. The standard InChI is InChI=1S/C8H5Cl2F3N2O/c9-5-1-4(2-6(10)15-5)7(16)14-3-8(11,12)13/h1-2H,3H2,(H,14,16). The zero-order valence-electron chi connectivity index (χ0n) is 7.61. The molecular formula is C8H5Cl2F3N2O. The third-order valence-corrected chi connectivity index (χ3v) is 1.86. The van der Waals surface area contributed by atoms with E-state index in [1.165, 1.54) is 0 Å². The van der Waals surface area contributed by atoms with E-state index < -0.39 is 18.6 Å². The lowest BCUT2D eigenvalue weighted by Crippen LogP contribution is -2.33. The molecule has 0 aliphatic rings. The first kappa shape index (κ1) is 13.1. The number of rotatable bonds is 2. The highest BCUT2D eigenvalue weighted by molar-refractivity contribution is 6.33. The second-order valence-electron chi connectivity index (χ2n) is 2.80.